The van der Waals surface area contributed by atoms with E-state index in [4.69, 9.17) is 10.5 Å². The molecule has 90 valence electrons. The van der Waals surface area contributed by atoms with E-state index in [-0.39, 0.29) is 6.04 Å². The van der Waals surface area contributed by atoms with Gasteiger partial charge >= 0.3 is 0 Å². The summed E-state index contributed by atoms with van der Waals surface area (Å²) < 4.78 is 7.35. The molecule has 0 saturated carbocycles. The maximum absolute atomic E-state index is 6.16. The van der Waals surface area contributed by atoms with Gasteiger partial charge in [-0.2, -0.15) is 0 Å². The van der Waals surface area contributed by atoms with Gasteiger partial charge in [0.05, 0.1) is 24.7 Å². The van der Waals surface area contributed by atoms with Gasteiger partial charge in [-0.25, -0.2) is 4.98 Å². The van der Waals surface area contributed by atoms with Crippen LogP contribution in [0.3, 0.4) is 0 Å². The van der Waals surface area contributed by atoms with Gasteiger partial charge in [-0.15, -0.1) is 0 Å². The molecule has 4 heteroatoms. The van der Waals surface area contributed by atoms with Crippen molar-refractivity contribution in [2.45, 2.75) is 13.0 Å². The molecule has 2 N–H and O–H groups in total. The molecule has 0 saturated heterocycles. The number of nitrogens with two attached hydrogens (primary N) is 1. The van der Waals surface area contributed by atoms with Gasteiger partial charge in [-0.05, 0) is 24.6 Å². The molecule has 0 amide bonds. The van der Waals surface area contributed by atoms with Crippen molar-refractivity contribution in [1.29, 1.82) is 0 Å². The minimum atomic E-state index is -0.211. The second-order valence-corrected chi connectivity index (χ2v) is 3.95. The Morgan fingerprint density at radius 3 is 2.94 bits per heavy atom. The van der Waals surface area contributed by atoms with Crippen LogP contribution < -0.4 is 10.5 Å². The molecular weight excluding hydrogens is 214 g/mol. The number of benzene rings is 1. The molecule has 2 rings (SSSR count). The van der Waals surface area contributed by atoms with Crippen molar-refractivity contribution in [2.75, 3.05) is 6.61 Å². The van der Waals surface area contributed by atoms with E-state index in [1.165, 1.54) is 0 Å². The van der Waals surface area contributed by atoms with E-state index in [9.17, 15) is 0 Å². The topological polar surface area (TPSA) is 53.1 Å². The Hall–Kier alpha value is -1.81. The van der Waals surface area contributed by atoms with E-state index in [2.05, 4.69) is 4.98 Å². The molecule has 0 radical (unpaired) electrons. The highest BCUT2D eigenvalue weighted by atomic mass is 16.5. The van der Waals surface area contributed by atoms with Crippen LogP contribution in [0.15, 0.2) is 36.8 Å². The van der Waals surface area contributed by atoms with Crippen molar-refractivity contribution in [1.82, 2.24) is 9.55 Å². The molecule has 2 aromatic rings. The van der Waals surface area contributed by atoms with Crippen molar-refractivity contribution in [2.24, 2.45) is 12.8 Å². The first kappa shape index (κ1) is 11.7. The number of nitrogens with zero attached hydrogens (tertiary/aromatic N) is 2. The fourth-order valence-electron chi connectivity index (χ4n) is 1.73. The molecule has 0 aliphatic heterocycles. The van der Waals surface area contributed by atoms with Gasteiger partial charge in [0.1, 0.15) is 5.75 Å². The molecule has 0 fully saturated rings. The van der Waals surface area contributed by atoms with E-state index >= 15 is 0 Å². The quantitative estimate of drug-likeness (QED) is 0.874. The minimum absolute atomic E-state index is 0.211. The first-order valence-electron chi connectivity index (χ1n) is 5.67. The van der Waals surface area contributed by atoms with Crippen LogP contribution >= 0.6 is 0 Å². The molecule has 0 bridgehead atoms. The van der Waals surface area contributed by atoms with E-state index < -0.39 is 0 Å². The van der Waals surface area contributed by atoms with Crippen molar-refractivity contribution < 1.29 is 4.74 Å². The maximum Gasteiger partial charge on any atom is 0.119 e. The Morgan fingerprint density at radius 2 is 2.29 bits per heavy atom. The Balaban J connectivity index is 2.24. The second-order valence-electron chi connectivity index (χ2n) is 3.95. The summed E-state index contributed by atoms with van der Waals surface area (Å²) in [4.78, 5) is 4.26. The summed E-state index contributed by atoms with van der Waals surface area (Å²) in [7, 11) is 1.93. The lowest BCUT2D eigenvalue weighted by Gasteiger charge is -2.11. The highest BCUT2D eigenvalue weighted by Gasteiger charge is 2.11. The van der Waals surface area contributed by atoms with Gasteiger partial charge < -0.3 is 15.0 Å². The largest absolute Gasteiger partial charge is 0.494 e. The van der Waals surface area contributed by atoms with Crippen LogP contribution in [0.2, 0.25) is 0 Å². The minimum Gasteiger partial charge on any atom is -0.494 e. The lowest BCUT2D eigenvalue weighted by atomic mass is 10.1. The zero-order chi connectivity index (χ0) is 12.3. The summed E-state index contributed by atoms with van der Waals surface area (Å²) >= 11 is 0. The summed E-state index contributed by atoms with van der Waals surface area (Å²) in [6.07, 6.45) is 3.68. The molecule has 0 aliphatic carbocycles. The van der Waals surface area contributed by atoms with Gasteiger partial charge in [-0.1, -0.05) is 12.1 Å². The van der Waals surface area contributed by atoms with Crippen molar-refractivity contribution in [3.63, 3.8) is 0 Å². The zero-order valence-corrected chi connectivity index (χ0v) is 10.1. The van der Waals surface area contributed by atoms with E-state index in [0.717, 1.165) is 17.0 Å². The number of rotatable bonds is 4. The Morgan fingerprint density at radius 1 is 1.47 bits per heavy atom. The average Bonchev–Trinajstić information content (AvgIpc) is 2.76. The SMILES string of the molecule is CCOc1cccc(C(N)c2cn(C)cn2)c1. The maximum atomic E-state index is 6.16. The number of hydrogen-bond acceptors (Lipinski definition) is 3. The second kappa shape index (κ2) is 5.01. The first-order valence-corrected chi connectivity index (χ1v) is 5.67. The Bertz CT molecular complexity index is 493. The molecule has 4 nitrogen and oxygen atoms in total. The predicted molar refractivity (Wildman–Crippen MR) is 66.8 cm³/mol. The van der Waals surface area contributed by atoms with Crippen LogP contribution in [-0.2, 0) is 7.05 Å². The number of hydrogen-bond donors (Lipinski definition) is 1. The molecule has 0 aliphatic rings. The van der Waals surface area contributed by atoms with Crippen LogP contribution in [-0.4, -0.2) is 16.2 Å². The zero-order valence-electron chi connectivity index (χ0n) is 10.1. The summed E-state index contributed by atoms with van der Waals surface area (Å²) in [5, 5.41) is 0. The summed E-state index contributed by atoms with van der Waals surface area (Å²) in [5.41, 5.74) is 8.03. The van der Waals surface area contributed by atoms with E-state index in [1.54, 1.807) is 6.33 Å². The predicted octanol–water partition coefficient (Wildman–Crippen LogP) is 1.87. The smallest absolute Gasteiger partial charge is 0.119 e. The summed E-state index contributed by atoms with van der Waals surface area (Å²) in [6.45, 7) is 2.62. The van der Waals surface area contributed by atoms with Gasteiger partial charge in [0.2, 0.25) is 0 Å². The standard InChI is InChI=1S/C13H17N3O/c1-3-17-11-6-4-5-10(7-11)13(14)12-8-16(2)9-15-12/h4-9,13H,3,14H2,1-2H3. The first-order chi connectivity index (χ1) is 8.20. The fourth-order valence-corrected chi connectivity index (χ4v) is 1.73. The molecular formula is C13H17N3O. The fraction of sp³-hybridized carbons (Fsp3) is 0.308. The normalized spacial score (nSPS) is 12.4. The van der Waals surface area contributed by atoms with Gasteiger partial charge in [0.25, 0.3) is 0 Å². The van der Waals surface area contributed by atoms with Crippen LogP contribution in [0, 0.1) is 0 Å². The van der Waals surface area contributed by atoms with Crippen molar-refractivity contribution in [3.05, 3.63) is 48.0 Å². The van der Waals surface area contributed by atoms with Crippen molar-refractivity contribution in [3.8, 4) is 5.75 Å². The monoisotopic (exact) mass is 231 g/mol. The highest BCUT2D eigenvalue weighted by molar-refractivity contribution is 5.33. The average molecular weight is 231 g/mol. The Kier molecular flexibility index (Phi) is 3.44. The number of imidazole rings is 1. The molecule has 0 spiro atoms. The molecule has 1 aromatic heterocycles. The lowest BCUT2D eigenvalue weighted by molar-refractivity contribution is 0.340. The van der Waals surface area contributed by atoms with E-state index in [0.29, 0.717) is 6.61 Å². The number of aromatic nitrogens is 2. The lowest BCUT2D eigenvalue weighted by Crippen LogP contribution is -2.12. The number of aryl methyl sites for hydroxylation is 1. The molecule has 1 unspecified atom stereocenters. The molecule has 1 heterocycles. The van der Waals surface area contributed by atoms with Crippen LogP contribution in [0.25, 0.3) is 0 Å². The third-order valence-corrected chi connectivity index (χ3v) is 2.57. The molecule has 1 atom stereocenters. The third-order valence-electron chi connectivity index (χ3n) is 2.57. The van der Waals surface area contributed by atoms with Crippen LogP contribution in [0.1, 0.15) is 24.2 Å². The number of ether oxygens (including phenoxy) is 1. The molecule has 17 heavy (non-hydrogen) atoms. The summed E-state index contributed by atoms with van der Waals surface area (Å²) in [6, 6.07) is 7.61. The van der Waals surface area contributed by atoms with Crippen LogP contribution in [0.4, 0.5) is 0 Å². The third kappa shape index (κ3) is 2.65. The van der Waals surface area contributed by atoms with Gasteiger partial charge in [0.15, 0.2) is 0 Å². The van der Waals surface area contributed by atoms with Gasteiger partial charge in [0, 0.05) is 13.2 Å². The Labute approximate surface area is 101 Å². The van der Waals surface area contributed by atoms with Crippen LogP contribution in [0.5, 0.6) is 5.75 Å². The highest BCUT2D eigenvalue weighted by Crippen LogP contribution is 2.22. The summed E-state index contributed by atoms with van der Waals surface area (Å²) in [5.74, 6) is 0.844. The molecule has 1 aromatic carbocycles. The van der Waals surface area contributed by atoms with E-state index in [1.807, 2.05) is 49.0 Å². The van der Waals surface area contributed by atoms with Crippen molar-refractivity contribution >= 4 is 0 Å². The van der Waals surface area contributed by atoms with Gasteiger partial charge in [-0.3, -0.25) is 0 Å².